The molecule has 0 aromatic heterocycles. The van der Waals surface area contributed by atoms with E-state index in [-0.39, 0.29) is 5.54 Å². The maximum atomic E-state index is 5.93. The predicted octanol–water partition coefficient (Wildman–Crippen LogP) is 1.83. The maximum absolute atomic E-state index is 5.93. The van der Waals surface area contributed by atoms with Gasteiger partial charge in [-0.1, -0.05) is 0 Å². The van der Waals surface area contributed by atoms with Gasteiger partial charge in [-0.2, -0.15) is 5.06 Å². The predicted molar refractivity (Wildman–Crippen MR) is 54.9 cm³/mol. The third kappa shape index (κ3) is 1.69. The number of ether oxygens (including phenoxy) is 1. The molecule has 0 spiro atoms. The molecule has 0 aromatic rings. The second kappa shape index (κ2) is 3.47. The molecule has 82 valence electrons. The number of hydrogen-bond donors (Lipinski definition) is 0. The lowest BCUT2D eigenvalue weighted by molar-refractivity contribution is -0.210. The lowest BCUT2D eigenvalue weighted by Gasteiger charge is -2.37. The minimum atomic E-state index is 0.102. The normalized spacial score (nSPS) is 39.9. The highest BCUT2D eigenvalue weighted by Gasteiger charge is 2.46. The van der Waals surface area contributed by atoms with E-state index in [0.29, 0.717) is 18.1 Å². The first-order valence-corrected chi connectivity index (χ1v) is 5.54. The molecule has 2 aliphatic heterocycles. The number of hydrogen-bond acceptors (Lipinski definition) is 3. The van der Waals surface area contributed by atoms with Gasteiger partial charge in [-0.05, 0) is 34.1 Å². The molecule has 2 heterocycles. The number of rotatable bonds is 0. The summed E-state index contributed by atoms with van der Waals surface area (Å²) in [5.74, 6) is 0.558. The van der Waals surface area contributed by atoms with E-state index < -0.39 is 0 Å². The zero-order valence-electron chi connectivity index (χ0n) is 9.62. The first kappa shape index (κ1) is 10.4. The summed E-state index contributed by atoms with van der Waals surface area (Å²) in [5, 5.41) is 2.19. The average Bonchev–Trinajstić information content (AvgIpc) is 2.44. The summed E-state index contributed by atoms with van der Waals surface area (Å²) in [6.45, 7) is 10.5. The van der Waals surface area contributed by atoms with Gasteiger partial charge in [-0.15, -0.1) is 0 Å². The van der Waals surface area contributed by atoms with Crippen molar-refractivity contribution in [1.29, 1.82) is 0 Å². The van der Waals surface area contributed by atoms with E-state index in [1.807, 2.05) is 0 Å². The Morgan fingerprint density at radius 2 is 2.00 bits per heavy atom. The second-order valence-electron chi connectivity index (χ2n) is 5.40. The van der Waals surface area contributed by atoms with Crippen LogP contribution in [0.2, 0.25) is 0 Å². The Hall–Kier alpha value is -0.120. The fourth-order valence-corrected chi connectivity index (χ4v) is 2.48. The van der Waals surface area contributed by atoms with E-state index in [0.717, 1.165) is 19.6 Å². The Balaban J connectivity index is 2.14. The van der Waals surface area contributed by atoms with Crippen LogP contribution in [-0.2, 0) is 9.57 Å². The average molecular weight is 199 g/mol. The quantitative estimate of drug-likeness (QED) is 0.594. The van der Waals surface area contributed by atoms with Crippen LogP contribution in [0.3, 0.4) is 0 Å². The van der Waals surface area contributed by atoms with Crippen molar-refractivity contribution in [3.05, 3.63) is 0 Å². The summed E-state index contributed by atoms with van der Waals surface area (Å²) >= 11 is 0. The van der Waals surface area contributed by atoms with Gasteiger partial charge in [-0.25, -0.2) is 0 Å². The summed E-state index contributed by atoms with van der Waals surface area (Å²) in [5.41, 5.74) is 0.102. The van der Waals surface area contributed by atoms with E-state index in [1.165, 1.54) is 0 Å². The minimum Gasteiger partial charge on any atom is -0.381 e. The molecule has 0 saturated carbocycles. The molecule has 3 unspecified atom stereocenters. The molecule has 0 N–H and O–H groups in total. The van der Waals surface area contributed by atoms with Gasteiger partial charge in [0.15, 0.2) is 0 Å². The Morgan fingerprint density at radius 1 is 1.29 bits per heavy atom. The fourth-order valence-electron chi connectivity index (χ4n) is 2.48. The van der Waals surface area contributed by atoms with Gasteiger partial charge in [0.1, 0.15) is 0 Å². The maximum Gasteiger partial charge on any atom is 0.0831 e. The van der Waals surface area contributed by atoms with Gasteiger partial charge in [0.05, 0.1) is 12.7 Å². The highest BCUT2D eigenvalue weighted by Crippen LogP contribution is 2.37. The fraction of sp³-hybridized carbons (Fsp3) is 1.00. The Labute approximate surface area is 86.3 Å². The van der Waals surface area contributed by atoms with Crippen molar-refractivity contribution in [1.82, 2.24) is 5.06 Å². The van der Waals surface area contributed by atoms with Crippen LogP contribution in [-0.4, -0.2) is 36.0 Å². The molecule has 3 atom stereocenters. The molecule has 0 amide bonds. The van der Waals surface area contributed by atoms with Gasteiger partial charge < -0.3 is 4.74 Å². The number of fused-ring (bicyclic) bond motifs is 1. The van der Waals surface area contributed by atoms with Gasteiger partial charge in [0, 0.05) is 24.1 Å². The number of nitrogens with zero attached hydrogens (tertiary/aromatic N) is 1. The monoisotopic (exact) mass is 199 g/mol. The van der Waals surface area contributed by atoms with E-state index in [1.54, 1.807) is 0 Å². The van der Waals surface area contributed by atoms with Crippen molar-refractivity contribution >= 4 is 0 Å². The zero-order valence-corrected chi connectivity index (χ0v) is 9.62. The molecule has 2 fully saturated rings. The Kier molecular flexibility index (Phi) is 2.58. The van der Waals surface area contributed by atoms with Gasteiger partial charge in [-0.3, -0.25) is 4.84 Å². The Bertz CT molecular complexity index is 212. The summed E-state index contributed by atoms with van der Waals surface area (Å²) in [6, 6.07) is 0.554. The largest absolute Gasteiger partial charge is 0.381 e. The smallest absolute Gasteiger partial charge is 0.0831 e. The van der Waals surface area contributed by atoms with Gasteiger partial charge in [0.2, 0.25) is 0 Å². The van der Waals surface area contributed by atoms with Crippen LogP contribution < -0.4 is 0 Å². The van der Waals surface area contributed by atoms with Crippen molar-refractivity contribution in [2.45, 2.75) is 51.8 Å². The van der Waals surface area contributed by atoms with Crippen LogP contribution in [0.5, 0.6) is 0 Å². The first-order chi connectivity index (χ1) is 6.50. The van der Waals surface area contributed by atoms with Crippen molar-refractivity contribution in [3.8, 4) is 0 Å². The van der Waals surface area contributed by atoms with Crippen molar-refractivity contribution in [2.75, 3.05) is 13.2 Å². The van der Waals surface area contributed by atoms with E-state index >= 15 is 0 Å². The molecule has 14 heavy (non-hydrogen) atoms. The standard InChI is InChI=1S/C11H21NO2/c1-8-9-7-13-6-5-10(9)12(14-8)11(2,3)4/h8-10H,5-7H2,1-4H3. The van der Waals surface area contributed by atoms with Crippen LogP contribution in [0, 0.1) is 5.92 Å². The minimum absolute atomic E-state index is 0.102. The SMILES string of the molecule is CC1ON(C(C)(C)C)C2CCOCC12. The van der Waals surface area contributed by atoms with Crippen LogP contribution in [0.4, 0.5) is 0 Å². The summed E-state index contributed by atoms with van der Waals surface area (Å²) in [4.78, 5) is 5.93. The molecular formula is C11H21NO2. The molecule has 3 nitrogen and oxygen atoms in total. The van der Waals surface area contributed by atoms with Crippen molar-refractivity contribution in [2.24, 2.45) is 5.92 Å². The number of hydroxylamine groups is 2. The molecule has 0 aromatic carbocycles. The molecule has 0 aliphatic carbocycles. The summed E-state index contributed by atoms with van der Waals surface area (Å²) < 4.78 is 5.51. The van der Waals surface area contributed by atoms with Crippen LogP contribution in [0.1, 0.15) is 34.1 Å². The van der Waals surface area contributed by atoms with Gasteiger partial charge >= 0.3 is 0 Å². The molecule has 2 aliphatic rings. The van der Waals surface area contributed by atoms with E-state index in [4.69, 9.17) is 9.57 Å². The second-order valence-corrected chi connectivity index (χ2v) is 5.40. The lowest BCUT2D eigenvalue weighted by atomic mass is 9.91. The van der Waals surface area contributed by atoms with Crippen molar-refractivity contribution < 1.29 is 9.57 Å². The molecule has 2 rings (SSSR count). The molecule has 0 bridgehead atoms. The molecule has 2 saturated heterocycles. The van der Waals surface area contributed by atoms with E-state index in [9.17, 15) is 0 Å². The van der Waals surface area contributed by atoms with Crippen LogP contribution in [0.25, 0.3) is 0 Å². The third-order valence-corrected chi connectivity index (χ3v) is 3.21. The van der Waals surface area contributed by atoms with Crippen LogP contribution >= 0.6 is 0 Å². The lowest BCUT2D eigenvalue weighted by Crippen LogP contribution is -2.47. The zero-order chi connectivity index (χ0) is 10.3. The summed E-state index contributed by atoms with van der Waals surface area (Å²) in [6.07, 6.45) is 1.41. The highest BCUT2D eigenvalue weighted by molar-refractivity contribution is 4.92. The topological polar surface area (TPSA) is 21.7 Å². The molecule has 0 radical (unpaired) electrons. The van der Waals surface area contributed by atoms with E-state index in [2.05, 4.69) is 32.8 Å². The first-order valence-electron chi connectivity index (χ1n) is 5.54. The van der Waals surface area contributed by atoms with Crippen molar-refractivity contribution in [3.63, 3.8) is 0 Å². The van der Waals surface area contributed by atoms with Crippen LogP contribution in [0.15, 0.2) is 0 Å². The van der Waals surface area contributed by atoms with Gasteiger partial charge in [0.25, 0.3) is 0 Å². The molecule has 3 heteroatoms. The Morgan fingerprint density at radius 3 is 2.64 bits per heavy atom. The highest BCUT2D eigenvalue weighted by atomic mass is 16.7. The summed E-state index contributed by atoms with van der Waals surface area (Å²) in [7, 11) is 0. The molecular weight excluding hydrogens is 178 g/mol. The third-order valence-electron chi connectivity index (χ3n) is 3.21.